The molecule has 16 heavy (non-hydrogen) atoms. The summed E-state index contributed by atoms with van der Waals surface area (Å²) in [5.41, 5.74) is 0.533. The second-order valence-corrected chi connectivity index (χ2v) is 3.04. The van der Waals surface area contributed by atoms with Crippen LogP contribution in [0.25, 0.3) is 0 Å². The van der Waals surface area contributed by atoms with Crippen molar-refractivity contribution in [1.82, 2.24) is 5.32 Å². The van der Waals surface area contributed by atoms with Gasteiger partial charge in [0.1, 0.15) is 6.61 Å². The first-order valence-electron chi connectivity index (χ1n) is 4.86. The van der Waals surface area contributed by atoms with E-state index in [1.54, 1.807) is 31.3 Å². The minimum absolute atomic E-state index is 0.159. The number of amides is 1. The van der Waals surface area contributed by atoms with Gasteiger partial charge in [-0.15, -0.1) is 0 Å². The Labute approximate surface area is 94.9 Å². The molecule has 1 rings (SSSR count). The Hall–Kier alpha value is -1.97. The highest BCUT2D eigenvalue weighted by atomic mass is 16.5. The highest BCUT2D eigenvalue weighted by Crippen LogP contribution is 2.27. The second-order valence-electron chi connectivity index (χ2n) is 3.04. The van der Waals surface area contributed by atoms with Crippen molar-refractivity contribution >= 4 is 5.91 Å². The normalized spacial score (nSPS) is 9.38. The number of methoxy groups -OCH3 is 1. The van der Waals surface area contributed by atoms with Crippen LogP contribution in [0, 0.1) is 0 Å². The van der Waals surface area contributed by atoms with E-state index in [1.807, 2.05) is 0 Å². The van der Waals surface area contributed by atoms with Gasteiger partial charge in [-0.1, -0.05) is 12.7 Å². The van der Waals surface area contributed by atoms with E-state index in [1.165, 1.54) is 7.11 Å². The standard InChI is InChI=1S/C12H15NO3/c1-4-7-16-10-6-5-9(12(14)13-2)8-11(10)15-3/h4-6,8H,1,7H2,2-3H3,(H,13,14). The van der Waals surface area contributed by atoms with Gasteiger partial charge in [-0.2, -0.15) is 0 Å². The van der Waals surface area contributed by atoms with E-state index >= 15 is 0 Å². The molecule has 1 aromatic carbocycles. The molecule has 0 aliphatic heterocycles. The quantitative estimate of drug-likeness (QED) is 0.768. The number of hydrogen-bond donors (Lipinski definition) is 1. The Morgan fingerprint density at radius 3 is 2.81 bits per heavy atom. The minimum Gasteiger partial charge on any atom is -0.493 e. The molecule has 0 saturated heterocycles. The summed E-state index contributed by atoms with van der Waals surface area (Å²) in [7, 11) is 3.11. The van der Waals surface area contributed by atoms with Gasteiger partial charge in [0.2, 0.25) is 0 Å². The predicted octanol–water partition coefficient (Wildman–Crippen LogP) is 1.62. The molecule has 0 bridgehead atoms. The molecule has 0 aromatic heterocycles. The molecule has 0 radical (unpaired) electrons. The van der Waals surface area contributed by atoms with Crippen LogP contribution in [0.4, 0.5) is 0 Å². The van der Waals surface area contributed by atoms with Crippen molar-refractivity contribution in [1.29, 1.82) is 0 Å². The van der Waals surface area contributed by atoms with Crippen molar-refractivity contribution in [3.63, 3.8) is 0 Å². The largest absolute Gasteiger partial charge is 0.493 e. The fourth-order valence-electron chi connectivity index (χ4n) is 1.22. The first kappa shape index (κ1) is 12.1. The molecule has 0 spiro atoms. The van der Waals surface area contributed by atoms with E-state index < -0.39 is 0 Å². The first-order valence-corrected chi connectivity index (χ1v) is 4.86. The van der Waals surface area contributed by atoms with Crippen molar-refractivity contribution in [3.8, 4) is 11.5 Å². The third kappa shape index (κ3) is 2.76. The van der Waals surface area contributed by atoms with Crippen molar-refractivity contribution in [2.75, 3.05) is 20.8 Å². The maximum atomic E-state index is 11.4. The number of ether oxygens (including phenoxy) is 2. The topological polar surface area (TPSA) is 47.6 Å². The Kier molecular flexibility index (Phi) is 4.39. The Morgan fingerprint density at radius 2 is 2.25 bits per heavy atom. The number of rotatable bonds is 5. The van der Waals surface area contributed by atoms with Crippen LogP contribution in [-0.2, 0) is 0 Å². The lowest BCUT2D eigenvalue weighted by molar-refractivity contribution is 0.0962. The summed E-state index contributed by atoms with van der Waals surface area (Å²) < 4.78 is 10.5. The van der Waals surface area contributed by atoms with Crippen LogP contribution in [0.1, 0.15) is 10.4 Å². The molecule has 0 aliphatic carbocycles. The number of hydrogen-bond acceptors (Lipinski definition) is 3. The smallest absolute Gasteiger partial charge is 0.251 e. The van der Waals surface area contributed by atoms with Crippen LogP contribution in [0.15, 0.2) is 30.9 Å². The van der Waals surface area contributed by atoms with Crippen LogP contribution in [0.2, 0.25) is 0 Å². The molecule has 1 amide bonds. The zero-order valence-corrected chi connectivity index (χ0v) is 9.45. The predicted molar refractivity (Wildman–Crippen MR) is 62.1 cm³/mol. The van der Waals surface area contributed by atoms with Gasteiger partial charge >= 0.3 is 0 Å². The average molecular weight is 221 g/mol. The fourth-order valence-corrected chi connectivity index (χ4v) is 1.22. The van der Waals surface area contributed by atoms with Gasteiger partial charge in [0.25, 0.3) is 5.91 Å². The summed E-state index contributed by atoms with van der Waals surface area (Å²) in [6.45, 7) is 3.96. The van der Waals surface area contributed by atoms with E-state index in [-0.39, 0.29) is 5.91 Å². The van der Waals surface area contributed by atoms with Gasteiger partial charge in [-0.05, 0) is 18.2 Å². The van der Waals surface area contributed by atoms with Gasteiger partial charge in [0, 0.05) is 12.6 Å². The van der Waals surface area contributed by atoms with E-state index in [2.05, 4.69) is 11.9 Å². The lowest BCUT2D eigenvalue weighted by Gasteiger charge is -2.10. The van der Waals surface area contributed by atoms with Gasteiger partial charge in [-0.25, -0.2) is 0 Å². The summed E-state index contributed by atoms with van der Waals surface area (Å²) in [5, 5.41) is 2.54. The molecule has 0 aliphatic rings. The molecule has 0 fully saturated rings. The van der Waals surface area contributed by atoms with Crippen molar-refractivity contribution in [3.05, 3.63) is 36.4 Å². The molecule has 86 valence electrons. The SMILES string of the molecule is C=CCOc1ccc(C(=O)NC)cc1OC. The summed E-state index contributed by atoms with van der Waals surface area (Å²) in [5.74, 6) is 0.964. The number of carbonyl (C=O) groups excluding carboxylic acids is 1. The van der Waals surface area contributed by atoms with Crippen LogP contribution >= 0.6 is 0 Å². The van der Waals surface area contributed by atoms with E-state index in [0.717, 1.165) is 0 Å². The van der Waals surface area contributed by atoms with Crippen molar-refractivity contribution < 1.29 is 14.3 Å². The van der Waals surface area contributed by atoms with Crippen LogP contribution in [0.5, 0.6) is 11.5 Å². The van der Waals surface area contributed by atoms with E-state index in [9.17, 15) is 4.79 Å². The maximum Gasteiger partial charge on any atom is 0.251 e. The maximum absolute atomic E-state index is 11.4. The summed E-state index contributed by atoms with van der Waals surface area (Å²) >= 11 is 0. The first-order chi connectivity index (χ1) is 7.72. The second kappa shape index (κ2) is 5.80. The van der Waals surface area contributed by atoms with Gasteiger partial charge in [0.05, 0.1) is 7.11 Å². The average Bonchev–Trinajstić information content (AvgIpc) is 2.35. The third-order valence-electron chi connectivity index (χ3n) is 2.01. The fraction of sp³-hybridized carbons (Fsp3) is 0.250. The highest BCUT2D eigenvalue weighted by molar-refractivity contribution is 5.94. The Bertz CT molecular complexity index is 388. The lowest BCUT2D eigenvalue weighted by atomic mass is 10.2. The molecular weight excluding hydrogens is 206 g/mol. The summed E-state index contributed by atoms with van der Waals surface area (Å²) in [4.78, 5) is 11.4. The van der Waals surface area contributed by atoms with E-state index in [4.69, 9.17) is 9.47 Å². The summed E-state index contributed by atoms with van der Waals surface area (Å²) in [6.07, 6.45) is 1.64. The molecule has 1 N–H and O–H groups in total. The molecule has 4 nitrogen and oxygen atoms in total. The van der Waals surface area contributed by atoms with Crippen LogP contribution in [-0.4, -0.2) is 26.7 Å². The highest BCUT2D eigenvalue weighted by Gasteiger charge is 2.09. The third-order valence-corrected chi connectivity index (χ3v) is 2.01. The zero-order chi connectivity index (χ0) is 12.0. The van der Waals surface area contributed by atoms with Gasteiger partial charge in [-0.3, -0.25) is 4.79 Å². The molecule has 0 atom stereocenters. The number of carbonyl (C=O) groups is 1. The minimum atomic E-state index is -0.159. The van der Waals surface area contributed by atoms with E-state index in [0.29, 0.717) is 23.7 Å². The van der Waals surface area contributed by atoms with Crippen molar-refractivity contribution in [2.45, 2.75) is 0 Å². The lowest BCUT2D eigenvalue weighted by Crippen LogP contribution is -2.17. The van der Waals surface area contributed by atoms with Crippen molar-refractivity contribution in [2.24, 2.45) is 0 Å². The zero-order valence-electron chi connectivity index (χ0n) is 9.45. The molecule has 0 saturated carbocycles. The monoisotopic (exact) mass is 221 g/mol. The molecule has 0 heterocycles. The van der Waals surface area contributed by atoms with Crippen LogP contribution < -0.4 is 14.8 Å². The molecule has 1 aromatic rings. The Balaban J connectivity index is 2.96. The van der Waals surface area contributed by atoms with Gasteiger partial charge in [0.15, 0.2) is 11.5 Å². The molecule has 4 heteroatoms. The Morgan fingerprint density at radius 1 is 1.50 bits per heavy atom. The van der Waals surface area contributed by atoms with Gasteiger partial charge < -0.3 is 14.8 Å². The summed E-state index contributed by atoms with van der Waals surface area (Å²) in [6, 6.07) is 5.02. The molecule has 0 unspecified atom stereocenters. The van der Waals surface area contributed by atoms with Crippen LogP contribution in [0.3, 0.4) is 0 Å². The molecular formula is C12H15NO3. The number of nitrogens with one attached hydrogen (secondary N) is 1. The number of benzene rings is 1.